The van der Waals surface area contributed by atoms with Crippen molar-refractivity contribution >= 4 is 40.0 Å². The Kier molecular flexibility index (Phi) is 4.52. The molecule has 19 heavy (non-hydrogen) atoms. The van der Waals surface area contributed by atoms with Crippen molar-refractivity contribution in [2.24, 2.45) is 0 Å². The molecule has 0 spiro atoms. The predicted molar refractivity (Wildman–Crippen MR) is 78.4 cm³/mol. The van der Waals surface area contributed by atoms with Gasteiger partial charge in [-0.25, -0.2) is 8.78 Å². The second kappa shape index (κ2) is 5.96. The van der Waals surface area contributed by atoms with Crippen LogP contribution in [0.5, 0.6) is 0 Å². The summed E-state index contributed by atoms with van der Waals surface area (Å²) in [5.41, 5.74) is 0.861. The molecule has 98 valence electrons. The number of ketones is 1. The molecule has 0 saturated heterocycles. The van der Waals surface area contributed by atoms with Gasteiger partial charge in [0.15, 0.2) is 5.78 Å². The molecule has 0 amide bonds. The zero-order chi connectivity index (χ0) is 14.0. The maximum Gasteiger partial charge on any atom is 0.186 e. The second-order valence-electron chi connectivity index (χ2n) is 3.90. The first kappa shape index (κ1) is 14.4. The van der Waals surface area contributed by atoms with Gasteiger partial charge in [-0.2, -0.15) is 0 Å². The van der Waals surface area contributed by atoms with Gasteiger partial charge in [-0.1, -0.05) is 12.1 Å². The lowest BCUT2D eigenvalue weighted by molar-refractivity contribution is 0.0986. The number of halogens is 4. The predicted octanol–water partition coefficient (Wildman–Crippen LogP) is 4.73. The van der Waals surface area contributed by atoms with Crippen molar-refractivity contribution in [3.8, 4) is 0 Å². The van der Waals surface area contributed by atoms with Crippen LogP contribution in [0.3, 0.4) is 0 Å². The number of carbonyl (C=O) groups excluding carboxylic acids is 1. The van der Waals surface area contributed by atoms with Gasteiger partial charge < -0.3 is 0 Å². The Morgan fingerprint density at radius 1 is 1.05 bits per heavy atom. The maximum atomic E-state index is 13.0. The molecule has 1 nitrogen and oxygen atoms in total. The van der Waals surface area contributed by atoms with E-state index >= 15 is 0 Å². The number of Topliss-reactive ketones (excluding diaryl/α,β-unsaturated/α-hetero) is 1. The van der Waals surface area contributed by atoms with E-state index in [1.165, 1.54) is 42.5 Å². The Labute approximate surface area is 127 Å². The van der Waals surface area contributed by atoms with Crippen molar-refractivity contribution < 1.29 is 13.6 Å². The molecule has 1 atom stereocenters. The summed E-state index contributed by atoms with van der Waals surface area (Å²) in [4.78, 5) is 12.2. The molecule has 0 heterocycles. The first-order valence-corrected chi connectivity index (χ1v) is 6.89. The zero-order valence-corrected chi connectivity index (χ0v) is 12.5. The Balaban J connectivity index is 2.30. The average molecular weight is 393 g/mol. The molecule has 0 aliphatic heterocycles. The van der Waals surface area contributed by atoms with Gasteiger partial charge in [-0.3, -0.25) is 4.79 Å². The molecule has 0 aliphatic carbocycles. The van der Waals surface area contributed by atoms with Gasteiger partial charge in [0.25, 0.3) is 0 Å². The third-order valence-corrected chi connectivity index (χ3v) is 3.93. The van der Waals surface area contributed by atoms with E-state index < -0.39 is 17.0 Å². The van der Waals surface area contributed by atoms with Crippen molar-refractivity contribution in [1.29, 1.82) is 0 Å². The molecule has 0 fully saturated rings. The number of rotatable bonds is 3. The number of hydrogen-bond donors (Lipinski definition) is 0. The van der Waals surface area contributed by atoms with Crippen LogP contribution in [0.2, 0.25) is 0 Å². The van der Waals surface area contributed by atoms with Crippen LogP contribution in [0.25, 0.3) is 0 Å². The molecule has 2 rings (SSSR count). The average Bonchev–Trinajstić information content (AvgIpc) is 2.38. The lowest BCUT2D eigenvalue weighted by atomic mass is 10.0. The highest BCUT2D eigenvalue weighted by Crippen LogP contribution is 2.27. The molecule has 5 heteroatoms. The Morgan fingerprint density at radius 3 is 2.21 bits per heavy atom. The van der Waals surface area contributed by atoms with Crippen LogP contribution in [-0.4, -0.2) is 5.78 Å². The number of alkyl halides is 1. The van der Waals surface area contributed by atoms with E-state index in [9.17, 15) is 13.6 Å². The minimum Gasteiger partial charge on any atom is -0.292 e. The van der Waals surface area contributed by atoms with Crippen LogP contribution in [-0.2, 0) is 0 Å². The standard InChI is InChI=1S/C14H8ClF2IO/c15-13(8-1-3-9(16)4-2-8)14(19)11-6-5-10(17)7-12(11)18/h1-7,13H. The van der Waals surface area contributed by atoms with Crippen LogP contribution in [0.15, 0.2) is 42.5 Å². The van der Waals surface area contributed by atoms with Crippen molar-refractivity contribution in [2.45, 2.75) is 5.38 Å². The number of hydrogen-bond acceptors (Lipinski definition) is 1. The quantitative estimate of drug-likeness (QED) is 0.419. The lowest BCUT2D eigenvalue weighted by Gasteiger charge is -2.10. The minimum absolute atomic E-state index is 0.335. The third-order valence-electron chi connectivity index (χ3n) is 2.59. The summed E-state index contributed by atoms with van der Waals surface area (Å²) in [6, 6.07) is 9.29. The van der Waals surface area contributed by atoms with E-state index in [1.807, 2.05) is 22.6 Å². The molecule has 0 N–H and O–H groups in total. The van der Waals surface area contributed by atoms with E-state index in [2.05, 4.69) is 0 Å². The first-order valence-electron chi connectivity index (χ1n) is 5.38. The van der Waals surface area contributed by atoms with Gasteiger partial charge >= 0.3 is 0 Å². The summed E-state index contributed by atoms with van der Waals surface area (Å²) >= 11 is 7.97. The van der Waals surface area contributed by atoms with Gasteiger partial charge in [0.05, 0.1) is 0 Å². The summed E-state index contributed by atoms with van der Waals surface area (Å²) in [7, 11) is 0. The zero-order valence-electron chi connectivity index (χ0n) is 9.54. The van der Waals surface area contributed by atoms with E-state index in [0.717, 1.165) is 0 Å². The Morgan fingerprint density at radius 2 is 1.63 bits per heavy atom. The van der Waals surface area contributed by atoms with Crippen molar-refractivity contribution in [3.63, 3.8) is 0 Å². The van der Waals surface area contributed by atoms with E-state index in [4.69, 9.17) is 11.6 Å². The van der Waals surface area contributed by atoms with Gasteiger partial charge in [-0.15, -0.1) is 11.6 Å². The Bertz CT molecular complexity index is 613. The van der Waals surface area contributed by atoms with E-state index in [-0.39, 0.29) is 5.78 Å². The van der Waals surface area contributed by atoms with E-state index in [0.29, 0.717) is 14.7 Å². The fourth-order valence-corrected chi connectivity index (χ4v) is 2.62. The van der Waals surface area contributed by atoms with Crippen molar-refractivity contribution in [1.82, 2.24) is 0 Å². The fourth-order valence-electron chi connectivity index (χ4n) is 1.61. The van der Waals surface area contributed by atoms with Gasteiger partial charge in [-0.05, 0) is 58.5 Å². The van der Waals surface area contributed by atoms with Gasteiger partial charge in [0, 0.05) is 9.13 Å². The number of benzene rings is 2. The lowest BCUT2D eigenvalue weighted by Crippen LogP contribution is -2.09. The molecule has 0 aliphatic rings. The van der Waals surface area contributed by atoms with Gasteiger partial charge in [0.1, 0.15) is 17.0 Å². The normalized spacial score (nSPS) is 12.2. The summed E-state index contributed by atoms with van der Waals surface area (Å²) in [6.07, 6.45) is 0. The monoisotopic (exact) mass is 392 g/mol. The van der Waals surface area contributed by atoms with Crippen LogP contribution < -0.4 is 0 Å². The smallest absolute Gasteiger partial charge is 0.186 e. The highest BCUT2D eigenvalue weighted by molar-refractivity contribution is 14.1. The molecule has 0 bridgehead atoms. The first-order chi connectivity index (χ1) is 8.99. The maximum absolute atomic E-state index is 13.0. The summed E-state index contributed by atoms with van der Waals surface area (Å²) in [5, 5.41) is -0.917. The third kappa shape index (κ3) is 3.30. The summed E-state index contributed by atoms with van der Waals surface area (Å²) < 4.78 is 26.3. The fraction of sp³-hybridized carbons (Fsp3) is 0.0714. The molecule has 0 aromatic heterocycles. The molecule has 2 aromatic carbocycles. The van der Waals surface area contributed by atoms with Crippen molar-refractivity contribution in [2.75, 3.05) is 0 Å². The van der Waals surface area contributed by atoms with Crippen LogP contribution in [0.4, 0.5) is 8.78 Å². The molecular weight excluding hydrogens is 385 g/mol. The molecule has 1 unspecified atom stereocenters. The van der Waals surface area contributed by atoms with Gasteiger partial charge in [0.2, 0.25) is 0 Å². The summed E-state index contributed by atoms with van der Waals surface area (Å²) in [6.45, 7) is 0. The van der Waals surface area contributed by atoms with Crippen LogP contribution >= 0.6 is 34.2 Å². The number of carbonyl (C=O) groups is 1. The SMILES string of the molecule is O=C(c1ccc(F)cc1I)C(Cl)c1ccc(F)cc1. The molecule has 0 radical (unpaired) electrons. The minimum atomic E-state index is -0.917. The van der Waals surface area contributed by atoms with Crippen molar-refractivity contribution in [3.05, 3.63) is 68.8 Å². The molecular formula is C14H8ClF2IO. The highest BCUT2D eigenvalue weighted by Gasteiger charge is 2.21. The topological polar surface area (TPSA) is 17.1 Å². The second-order valence-corrected chi connectivity index (χ2v) is 5.50. The van der Waals surface area contributed by atoms with E-state index in [1.54, 1.807) is 0 Å². The molecule has 2 aromatic rings. The molecule has 0 saturated carbocycles. The Hall–Kier alpha value is -1.01. The largest absolute Gasteiger partial charge is 0.292 e. The van der Waals surface area contributed by atoms with Crippen LogP contribution in [0.1, 0.15) is 21.3 Å². The summed E-state index contributed by atoms with van der Waals surface area (Å²) in [5.74, 6) is -1.14. The van der Waals surface area contributed by atoms with Crippen LogP contribution in [0, 0.1) is 15.2 Å². The highest BCUT2D eigenvalue weighted by atomic mass is 127.